The molecule has 1 saturated heterocycles. The fourth-order valence-corrected chi connectivity index (χ4v) is 2.46. The zero-order valence-corrected chi connectivity index (χ0v) is 12.6. The maximum Gasteiger partial charge on any atom is 0.293 e. The molecule has 0 unspecified atom stereocenters. The van der Waals surface area contributed by atoms with Crippen molar-refractivity contribution in [3.63, 3.8) is 0 Å². The van der Waals surface area contributed by atoms with Crippen LogP contribution in [0.25, 0.3) is 0 Å². The Hall–Kier alpha value is -1.43. The minimum absolute atomic E-state index is 0.0462. The van der Waals surface area contributed by atoms with Gasteiger partial charge in [-0.25, -0.2) is 4.98 Å². The molecule has 1 aliphatic heterocycles. The molecule has 0 spiro atoms. The first-order chi connectivity index (χ1) is 9.61. The summed E-state index contributed by atoms with van der Waals surface area (Å²) in [5.41, 5.74) is 0. The standard InChI is InChI=1S/C14H25N5O/c1-4-15-9-11-5-7-19(8-6-11)14(20)13-16-12(10(2)3)17-18-13/h10-11,15H,4-9H2,1-3H3,(H,16,17,18). The first-order valence-corrected chi connectivity index (χ1v) is 7.54. The van der Waals surface area contributed by atoms with Crippen molar-refractivity contribution in [2.45, 2.75) is 39.5 Å². The average Bonchev–Trinajstić information content (AvgIpc) is 2.95. The van der Waals surface area contributed by atoms with E-state index in [0.717, 1.165) is 44.8 Å². The summed E-state index contributed by atoms with van der Waals surface area (Å²) >= 11 is 0. The van der Waals surface area contributed by atoms with Crippen LogP contribution in [0.2, 0.25) is 0 Å². The molecule has 6 nitrogen and oxygen atoms in total. The Balaban J connectivity index is 1.87. The van der Waals surface area contributed by atoms with Crippen LogP contribution in [0.4, 0.5) is 0 Å². The topological polar surface area (TPSA) is 73.9 Å². The number of hydrogen-bond acceptors (Lipinski definition) is 4. The summed E-state index contributed by atoms with van der Waals surface area (Å²) in [6.07, 6.45) is 2.11. The van der Waals surface area contributed by atoms with E-state index in [1.54, 1.807) is 0 Å². The first-order valence-electron chi connectivity index (χ1n) is 7.54. The monoisotopic (exact) mass is 279 g/mol. The fraction of sp³-hybridized carbons (Fsp3) is 0.786. The highest BCUT2D eigenvalue weighted by Crippen LogP contribution is 2.18. The van der Waals surface area contributed by atoms with Crippen LogP contribution in [0.15, 0.2) is 0 Å². The lowest BCUT2D eigenvalue weighted by Crippen LogP contribution is -2.41. The zero-order chi connectivity index (χ0) is 14.5. The van der Waals surface area contributed by atoms with Gasteiger partial charge < -0.3 is 10.2 Å². The number of carbonyl (C=O) groups is 1. The number of likely N-dealkylation sites (tertiary alicyclic amines) is 1. The van der Waals surface area contributed by atoms with E-state index in [1.165, 1.54) is 0 Å². The molecule has 0 aliphatic carbocycles. The molecule has 6 heteroatoms. The fourth-order valence-electron chi connectivity index (χ4n) is 2.46. The van der Waals surface area contributed by atoms with E-state index in [2.05, 4.69) is 27.4 Å². The molecule has 0 saturated carbocycles. The summed E-state index contributed by atoms with van der Waals surface area (Å²) in [6.45, 7) is 9.85. The van der Waals surface area contributed by atoms with Crippen molar-refractivity contribution in [3.05, 3.63) is 11.6 Å². The van der Waals surface area contributed by atoms with Gasteiger partial charge in [-0.15, -0.1) is 5.10 Å². The molecule has 20 heavy (non-hydrogen) atoms. The van der Waals surface area contributed by atoms with Crippen LogP contribution < -0.4 is 5.32 Å². The minimum atomic E-state index is -0.0462. The third-order valence-electron chi connectivity index (χ3n) is 3.83. The van der Waals surface area contributed by atoms with E-state index in [1.807, 2.05) is 18.7 Å². The van der Waals surface area contributed by atoms with Crippen molar-refractivity contribution in [1.82, 2.24) is 25.4 Å². The van der Waals surface area contributed by atoms with Gasteiger partial charge in [0.25, 0.3) is 5.91 Å². The molecule has 1 aromatic rings. The molecule has 0 bridgehead atoms. The molecule has 2 N–H and O–H groups in total. The van der Waals surface area contributed by atoms with E-state index in [4.69, 9.17) is 0 Å². The highest BCUT2D eigenvalue weighted by atomic mass is 16.2. The largest absolute Gasteiger partial charge is 0.336 e. The maximum atomic E-state index is 12.3. The van der Waals surface area contributed by atoms with Gasteiger partial charge >= 0.3 is 0 Å². The molecule has 0 radical (unpaired) electrons. The number of carbonyl (C=O) groups excluding carboxylic acids is 1. The van der Waals surface area contributed by atoms with Gasteiger partial charge in [-0.1, -0.05) is 20.8 Å². The average molecular weight is 279 g/mol. The summed E-state index contributed by atoms with van der Waals surface area (Å²) in [7, 11) is 0. The number of amides is 1. The lowest BCUT2D eigenvalue weighted by Gasteiger charge is -2.31. The lowest BCUT2D eigenvalue weighted by atomic mass is 9.97. The molecule has 2 heterocycles. The highest BCUT2D eigenvalue weighted by molar-refractivity contribution is 5.90. The summed E-state index contributed by atoms with van der Waals surface area (Å²) in [5, 5.41) is 10.3. The molecule has 0 atom stereocenters. The molecular weight excluding hydrogens is 254 g/mol. The zero-order valence-electron chi connectivity index (χ0n) is 12.6. The van der Waals surface area contributed by atoms with Crippen LogP contribution in [0.5, 0.6) is 0 Å². The molecule has 1 fully saturated rings. The number of nitrogens with zero attached hydrogens (tertiary/aromatic N) is 3. The number of rotatable bonds is 5. The molecule has 0 aromatic carbocycles. The second-order valence-corrected chi connectivity index (χ2v) is 5.74. The second-order valence-electron chi connectivity index (χ2n) is 5.74. The van der Waals surface area contributed by atoms with Crippen LogP contribution in [0.3, 0.4) is 0 Å². The van der Waals surface area contributed by atoms with Crippen molar-refractivity contribution in [2.75, 3.05) is 26.2 Å². The van der Waals surface area contributed by atoms with Crippen LogP contribution in [0.1, 0.15) is 56.0 Å². The van der Waals surface area contributed by atoms with Gasteiger partial charge in [0, 0.05) is 19.0 Å². The highest BCUT2D eigenvalue weighted by Gasteiger charge is 2.25. The van der Waals surface area contributed by atoms with Crippen LogP contribution in [0, 0.1) is 5.92 Å². The van der Waals surface area contributed by atoms with Crippen molar-refractivity contribution in [3.8, 4) is 0 Å². The number of hydrogen-bond donors (Lipinski definition) is 2. The molecular formula is C14H25N5O. The summed E-state index contributed by atoms with van der Waals surface area (Å²) in [6, 6.07) is 0. The number of piperidine rings is 1. The smallest absolute Gasteiger partial charge is 0.293 e. The van der Waals surface area contributed by atoms with E-state index in [9.17, 15) is 4.79 Å². The predicted octanol–water partition coefficient (Wildman–Crippen LogP) is 1.39. The molecule has 1 aromatic heterocycles. The Morgan fingerprint density at radius 3 is 2.70 bits per heavy atom. The third-order valence-corrected chi connectivity index (χ3v) is 3.83. The normalized spacial score (nSPS) is 16.9. The van der Waals surface area contributed by atoms with Crippen molar-refractivity contribution in [2.24, 2.45) is 5.92 Å². The van der Waals surface area contributed by atoms with Crippen molar-refractivity contribution in [1.29, 1.82) is 0 Å². The van der Waals surface area contributed by atoms with Gasteiger partial charge in [0.15, 0.2) is 0 Å². The van der Waals surface area contributed by atoms with Gasteiger partial charge in [0.1, 0.15) is 5.82 Å². The van der Waals surface area contributed by atoms with E-state index in [-0.39, 0.29) is 11.8 Å². The number of aromatic amines is 1. The van der Waals surface area contributed by atoms with E-state index >= 15 is 0 Å². The first kappa shape index (κ1) is 15.0. The summed E-state index contributed by atoms with van der Waals surface area (Å²) in [4.78, 5) is 18.5. The SMILES string of the molecule is CCNCC1CCN(C(=O)c2n[nH]c(C(C)C)n2)CC1. The van der Waals surface area contributed by atoms with Crippen LogP contribution >= 0.6 is 0 Å². The van der Waals surface area contributed by atoms with Crippen molar-refractivity contribution >= 4 is 5.91 Å². The Bertz CT molecular complexity index is 435. The van der Waals surface area contributed by atoms with E-state index in [0.29, 0.717) is 11.7 Å². The minimum Gasteiger partial charge on any atom is -0.336 e. The van der Waals surface area contributed by atoms with Gasteiger partial charge in [-0.3, -0.25) is 9.89 Å². The quantitative estimate of drug-likeness (QED) is 0.854. The predicted molar refractivity (Wildman–Crippen MR) is 77.6 cm³/mol. The Kier molecular flexibility index (Phi) is 5.11. The van der Waals surface area contributed by atoms with Crippen LogP contribution in [-0.2, 0) is 0 Å². The van der Waals surface area contributed by atoms with Gasteiger partial charge in [-0.2, -0.15) is 0 Å². The second kappa shape index (κ2) is 6.83. The molecule has 2 rings (SSSR count). The number of nitrogens with one attached hydrogen (secondary N) is 2. The molecule has 1 aliphatic rings. The van der Waals surface area contributed by atoms with Gasteiger partial charge in [-0.05, 0) is 31.8 Å². The van der Waals surface area contributed by atoms with Gasteiger partial charge in [0.2, 0.25) is 5.82 Å². The molecule has 112 valence electrons. The maximum absolute atomic E-state index is 12.3. The Morgan fingerprint density at radius 2 is 2.15 bits per heavy atom. The Morgan fingerprint density at radius 1 is 1.45 bits per heavy atom. The summed E-state index contributed by atoms with van der Waals surface area (Å²) < 4.78 is 0. The lowest BCUT2D eigenvalue weighted by molar-refractivity contribution is 0.0678. The number of H-pyrrole nitrogens is 1. The summed E-state index contributed by atoms with van der Waals surface area (Å²) in [5.74, 6) is 1.97. The third kappa shape index (κ3) is 3.56. The number of aromatic nitrogens is 3. The van der Waals surface area contributed by atoms with Crippen LogP contribution in [-0.4, -0.2) is 52.2 Å². The van der Waals surface area contributed by atoms with Gasteiger partial charge in [0.05, 0.1) is 0 Å². The van der Waals surface area contributed by atoms with Crippen molar-refractivity contribution < 1.29 is 4.79 Å². The Labute approximate surface area is 120 Å². The molecule has 1 amide bonds. The van der Waals surface area contributed by atoms with E-state index < -0.39 is 0 Å².